The van der Waals surface area contributed by atoms with Gasteiger partial charge in [0, 0.05) is 11.1 Å². The van der Waals surface area contributed by atoms with E-state index in [-0.39, 0.29) is 11.0 Å². The maximum Gasteiger partial charge on any atom is 0.196 e. The third-order valence-electron chi connectivity index (χ3n) is 3.54. The number of hydrogen-bond acceptors (Lipinski definition) is 2. The van der Waals surface area contributed by atoms with Gasteiger partial charge in [-0.3, -0.25) is 9.59 Å². The molecule has 0 spiro atoms. The summed E-state index contributed by atoms with van der Waals surface area (Å²) in [7, 11) is -1.52. The van der Waals surface area contributed by atoms with Crippen LogP contribution in [0.25, 0.3) is 0 Å². The Bertz CT molecular complexity index is 639. The van der Waals surface area contributed by atoms with Crippen molar-refractivity contribution in [3.8, 4) is 0 Å². The quantitative estimate of drug-likeness (QED) is 0.598. The fraction of sp³-hybridized carbons (Fsp3) is 0.200. The predicted molar refractivity (Wildman–Crippen MR) is 97.1 cm³/mol. The van der Waals surface area contributed by atoms with Crippen LogP contribution < -0.4 is 0 Å². The first-order chi connectivity index (χ1) is 11.2. The smallest absolute Gasteiger partial charge is 0.196 e. The topological polar surface area (TPSA) is 34.1 Å². The van der Waals surface area contributed by atoms with E-state index in [4.69, 9.17) is 0 Å². The molecular formula is C20H21O2P. The van der Waals surface area contributed by atoms with Crippen LogP contribution in [0, 0.1) is 0 Å². The van der Waals surface area contributed by atoms with Crippen molar-refractivity contribution in [3.63, 3.8) is 0 Å². The van der Waals surface area contributed by atoms with E-state index in [0.29, 0.717) is 11.1 Å². The number of allylic oxidation sites excluding steroid dienone is 2. The van der Waals surface area contributed by atoms with Crippen molar-refractivity contribution < 1.29 is 9.59 Å². The standard InChI is InChI=1S/C20H21O2P/c1-3-11-18(4-2)23(19(21)16-12-7-5-8-13-16)20(22)17-14-9-6-10-15-17/h5-15H,3-4H2,1-2H3. The van der Waals surface area contributed by atoms with E-state index in [1.54, 1.807) is 24.3 Å². The molecule has 0 N–H and O–H groups in total. The molecule has 0 amide bonds. The molecule has 0 saturated heterocycles. The van der Waals surface area contributed by atoms with Crippen LogP contribution in [-0.2, 0) is 0 Å². The van der Waals surface area contributed by atoms with Crippen molar-refractivity contribution in [2.45, 2.75) is 26.7 Å². The van der Waals surface area contributed by atoms with Crippen molar-refractivity contribution in [2.75, 3.05) is 0 Å². The predicted octanol–water partition coefficient (Wildman–Crippen LogP) is 5.85. The highest BCUT2D eigenvalue weighted by Gasteiger charge is 2.30. The Morgan fingerprint density at radius 3 is 1.61 bits per heavy atom. The van der Waals surface area contributed by atoms with E-state index >= 15 is 0 Å². The Balaban J connectivity index is 2.46. The summed E-state index contributed by atoms with van der Waals surface area (Å²) in [6, 6.07) is 18.2. The molecule has 118 valence electrons. The van der Waals surface area contributed by atoms with Gasteiger partial charge in [0.2, 0.25) is 0 Å². The zero-order chi connectivity index (χ0) is 16.7. The molecule has 0 bridgehead atoms. The van der Waals surface area contributed by atoms with Crippen LogP contribution in [0.1, 0.15) is 47.4 Å². The zero-order valence-corrected chi connectivity index (χ0v) is 14.4. The van der Waals surface area contributed by atoms with E-state index in [2.05, 4.69) is 0 Å². The summed E-state index contributed by atoms with van der Waals surface area (Å²) in [5, 5.41) is 0.963. The van der Waals surface area contributed by atoms with Crippen LogP contribution in [0.5, 0.6) is 0 Å². The highest BCUT2D eigenvalue weighted by Crippen LogP contribution is 2.52. The molecule has 0 radical (unpaired) electrons. The Labute approximate surface area is 139 Å². The second-order valence-corrected chi connectivity index (χ2v) is 7.19. The van der Waals surface area contributed by atoms with Gasteiger partial charge in [0.25, 0.3) is 0 Å². The van der Waals surface area contributed by atoms with Crippen LogP contribution in [-0.4, -0.2) is 11.0 Å². The van der Waals surface area contributed by atoms with Gasteiger partial charge < -0.3 is 0 Å². The van der Waals surface area contributed by atoms with Gasteiger partial charge in [-0.15, -0.1) is 0 Å². The van der Waals surface area contributed by atoms with Crippen molar-refractivity contribution in [3.05, 3.63) is 83.2 Å². The normalized spacial score (nSPS) is 11.5. The lowest BCUT2D eigenvalue weighted by Crippen LogP contribution is -2.08. The van der Waals surface area contributed by atoms with Crippen molar-refractivity contribution >= 4 is 19.0 Å². The first-order valence-corrected chi connectivity index (χ1v) is 9.21. The molecule has 23 heavy (non-hydrogen) atoms. The van der Waals surface area contributed by atoms with E-state index in [9.17, 15) is 9.59 Å². The average Bonchev–Trinajstić information content (AvgIpc) is 2.62. The minimum atomic E-state index is -1.52. The molecule has 0 unspecified atom stereocenters. The van der Waals surface area contributed by atoms with Gasteiger partial charge in [-0.2, -0.15) is 0 Å². The Morgan fingerprint density at radius 2 is 1.26 bits per heavy atom. The first-order valence-electron chi connectivity index (χ1n) is 7.87. The first kappa shape index (κ1) is 17.3. The van der Waals surface area contributed by atoms with Crippen LogP contribution >= 0.6 is 7.92 Å². The highest BCUT2D eigenvalue weighted by atomic mass is 31.1. The molecule has 0 fully saturated rings. The zero-order valence-electron chi connectivity index (χ0n) is 13.5. The number of carbonyl (C=O) groups excluding carboxylic acids is 2. The minimum Gasteiger partial charge on any atom is -0.288 e. The molecule has 0 aliphatic carbocycles. The molecule has 2 rings (SSSR count). The Kier molecular flexibility index (Phi) is 6.43. The Morgan fingerprint density at radius 1 is 0.826 bits per heavy atom. The van der Waals surface area contributed by atoms with Gasteiger partial charge in [0.05, 0.1) is 7.92 Å². The van der Waals surface area contributed by atoms with E-state index in [0.717, 1.165) is 18.2 Å². The Hall–Kier alpha value is -2.05. The maximum atomic E-state index is 13.0. The highest BCUT2D eigenvalue weighted by molar-refractivity contribution is 7.93. The lowest BCUT2D eigenvalue weighted by atomic mass is 10.2. The summed E-state index contributed by atoms with van der Waals surface area (Å²) >= 11 is 0. The van der Waals surface area contributed by atoms with Gasteiger partial charge in [0.1, 0.15) is 0 Å². The van der Waals surface area contributed by atoms with Gasteiger partial charge in [0.15, 0.2) is 11.0 Å². The number of rotatable bonds is 7. The molecule has 0 atom stereocenters. The summed E-state index contributed by atoms with van der Waals surface area (Å²) in [6.45, 7) is 4.04. The number of carbonyl (C=O) groups is 2. The third-order valence-corrected chi connectivity index (χ3v) is 5.94. The summed E-state index contributed by atoms with van der Waals surface area (Å²) in [5.41, 5.74) is 1.10. The maximum absolute atomic E-state index is 13.0. The molecule has 3 heteroatoms. The van der Waals surface area contributed by atoms with E-state index in [1.807, 2.05) is 56.3 Å². The fourth-order valence-electron chi connectivity index (χ4n) is 2.40. The molecule has 0 heterocycles. The summed E-state index contributed by atoms with van der Waals surface area (Å²) in [4.78, 5) is 26.0. The van der Waals surface area contributed by atoms with Crippen LogP contribution in [0.15, 0.2) is 72.1 Å². The largest absolute Gasteiger partial charge is 0.288 e. The van der Waals surface area contributed by atoms with Gasteiger partial charge in [-0.05, 0) is 18.2 Å². The molecule has 0 saturated carbocycles. The molecule has 0 aliphatic rings. The molecule has 2 nitrogen and oxygen atoms in total. The van der Waals surface area contributed by atoms with Gasteiger partial charge in [-0.1, -0.05) is 80.6 Å². The lowest BCUT2D eigenvalue weighted by molar-refractivity contribution is 0.105. The number of hydrogen-bond donors (Lipinski definition) is 0. The minimum absolute atomic E-state index is 0.0593. The molecular weight excluding hydrogens is 303 g/mol. The van der Waals surface area contributed by atoms with Gasteiger partial charge >= 0.3 is 0 Å². The second kappa shape index (κ2) is 8.55. The fourth-order valence-corrected chi connectivity index (χ4v) is 4.60. The SMILES string of the molecule is CCC=C(CC)P(C(=O)c1ccccc1)C(=O)c1ccccc1. The second-order valence-electron chi connectivity index (χ2n) is 5.14. The van der Waals surface area contributed by atoms with Gasteiger partial charge in [-0.25, -0.2) is 0 Å². The molecule has 0 aromatic heterocycles. The number of benzene rings is 2. The van der Waals surface area contributed by atoms with Crippen molar-refractivity contribution in [1.82, 2.24) is 0 Å². The molecule has 2 aromatic rings. The lowest BCUT2D eigenvalue weighted by Gasteiger charge is -2.18. The molecule has 2 aromatic carbocycles. The van der Waals surface area contributed by atoms with E-state index < -0.39 is 7.92 Å². The summed E-state index contributed by atoms with van der Waals surface area (Å²) in [6.07, 6.45) is 3.58. The van der Waals surface area contributed by atoms with Crippen molar-refractivity contribution in [1.29, 1.82) is 0 Å². The average molecular weight is 324 g/mol. The van der Waals surface area contributed by atoms with Crippen molar-refractivity contribution in [2.24, 2.45) is 0 Å². The summed E-state index contributed by atoms with van der Waals surface area (Å²) < 4.78 is 0. The van der Waals surface area contributed by atoms with Crippen LogP contribution in [0.2, 0.25) is 0 Å². The monoisotopic (exact) mass is 324 g/mol. The third kappa shape index (κ3) is 4.24. The van der Waals surface area contributed by atoms with Crippen LogP contribution in [0.3, 0.4) is 0 Å². The summed E-state index contributed by atoms with van der Waals surface area (Å²) in [5.74, 6) is 0. The molecule has 0 aliphatic heterocycles. The van der Waals surface area contributed by atoms with Crippen LogP contribution in [0.4, 0.5) is 0 Å². The van der Waals surface area contributed by atoms with E-state index in [1.165, 1.54) is 0 Å².